The molecule has 0 unspecified atom stereocenters. The molecular formula is C42H64N2. The Labute approximate surface area is 271 Å². The molecule has 0 amide bonds. The van der Waals surface area contributed by atoms with Gasteiger partial charge in [0.25, 0.3) is 0 Å². The van der Waals surface area contributed by atoms with Crippen LogP contribution in [0, 0.1) is 0 Å². The first kappa shape index (κ1) is 36.0. The van der Waals surface area contributed by atoms with Crippen LogP contribution in [0.4, 0.5) is 0 Å². The second-order valence-corrected chi connectivity index (χ2v) is 13.3. The van der Waals surface area contributed by atoms with Crippen LogP contribution in [0.25, 0.3) is 16.9 Å². The van der Waals surface area contributed by atoms with Gasteiger partial charge in [-0.25, -0.2) is 4.70 Å². The molecule has 0 bridgehead atoms. The van der Waals surface area contributed by atoms with Crippen LogP contribution in [0.5, 0.6) is 0 Å². The van der Waals surface area contributed by atoms with Gasteiger partial charge in [-0.15, -0.1) is 0 Å². The number of aryl methyl sites for hydroxylation is 2. The monoisotopic (exact) mass is 597 g/mol. The Bertz CT molecular complexity index is 1180. The Morgan fingerprint density at radius 2 is 0.795 bits per heavy atom. The van der Waals surface area contributed by atoms with E-state index in [0.717, 1.165) is 37.1 Å². The summed E-state index contributed by atoms with van der Waals surface area (Å²) in [4.78, 5) is 0. The van der Waals surface area contributed by atoms with Crippen LogP contribution >= 0.6 is 0 Å². The minimum atomic E-state index is 1.04. The lowest BCUT2D eigenvalue weighted by Crippen LogP contribution is -2.03. The molecule has 3 rings (SSSR count). The molecule has 2 nitrogen and oxygen atoms in total. The Hall–Kier alpha value is -2.48. The van der Waals surface area contributed by atoms with Gasteiger partial charge in [0.05, 0.1) is 0 Å². The maximum Gasteiger partial charge on any atom is 0.211 e. The van der Waals surface area contributed by atoms with E-state index < -0.39 is 0 Å². The summed E-state index contributed by atoms with van der Waals surface area (Å²) in [7, 11) is 0. The molecule has 1 aliphatic heterocycles. The zero-order chi connectivity index (χ0) is 31.4. The van der Waals surface area contributed by atoms with Gasteiger partial charge in [-0.3, -0.25) is 0 Å². The number of rotatable bonds is 24. The van der Waals surface area contributed by atoms with Crippen molar-refractivity contribution in [3.8, 4) is 0 Å². The predicted molar refractivity (Wildman–Crippen MR) is 193 cm³/mol. The number of unbranched alkanes of at least 4 members (excludes halogenated alkanes) is 14. The van der Waals surface area contributed by atoms with E-state index >= 15 is 0 Å². The van der Waals surface area contributed by atoms with Crippen LogP contribution in [0.3, 0.4) is 0 Å². The van der Waals surface area contributed by atoms with Crippen LogP contribution in [-0.4, -0.2) is 4.70 Å². The highest BCUT2D eigenvalue weighted by Crippen LogP contribution is 2.45. The Balaban J connectivity index is 1.96. The van der Waals surface area contributed by atoms with Crippen molar-refractivity contribution in [2.45, 2.75) is 169 Å². The van der Waals surface area contributed by atoms with Crippen molar-refractivity contribution < 1.29 is 4.70 Å². The SMILES string of the molecule is CCCCCCCCC1=C(c2cccc(CCCC)c2)[N+](=[N-])C(c2cccc(CCCCCCCC)c2)=C1CCCCCC. The quantitative estimate of drug-likeness (QED) is 0.0851. The third kappa shape index (κ3) is 11.5. The molecule has 1 heterocycles. The van der Waals surface area contributed by atoms with Crippen molar-refractivity contribution in [1.82, 2.24) is 0 Å². The molecule has 1 aliphatic rings. The van der Waals surface area contributed by atoms with Gasteiger partial charge in [0, 0.05) is 22.3 Å². The second-order valence-electron chi connectivity index (χ2n) is 13.3. The van der Waals surface area contributed by atoms with E-state index in [1.165, 1.54) is 149 Å². The largest absolute Gasteiger partial charge is 0.493 e. The number of hydrogen-bond acceptors (Lipinski definition) is 0. The second kappa shape index (κ2) is 21.3. The summed E-state index contributed by atoms with van der Waals surface area (Å²) in [5, 5.41) is 0. The molecule has 0 spiro atoms. The van der Waals surface area contributed by atoms with Crippen molar-refractivity contribution in [2.24, 2.45) is 0 Å². The van der Waals surface area contributed by atoms with Gasteiger partial charge in [-0.1, -0.05) is 142 Å². The molecule has 0 fully saturated rings. The first-order valence-electron chi connectivity index (χ1n) is 18.8. The Morgan fingerprint density at radius 1 is 0.432 bits per heavy atom. The van der Waals surface area contributed by atoms with Gasteiger partial charge >= 0.3 is 0 Å². The molecule has 2 aromatic carbocycles. The zero-order valence-corrected chi connectivity index (χ0v) is 29.1. The molecule has 0 aromatic heterocycles. The first-order chi connectivity index (χ1) is 21.6. The van der Waals surface area contributed by atoms with E-state index in [-0.39, 0.29) is 0 Å². The highest BCUT2D eigenvalue weighted by molar-refractivity contribution is 5.82. The fourth-order valence-electron chi connectivity index (χ4n) is 6.83. The first-order valence-corrected chi connectivity index (χ1v) is 18.8. The molecule has 2 heteroatoms. The lowest BCUT2D eigenvalue weighted by molar-refractivity contribution is -0.345. The van der Waals surface area contributed by atoms with E-state index in [9.17, 15) is 5.53 Å². The highest BCUT2D eigenvalue weighted by Gasteiger charge is 2.35. The number of benzene rings is 2. The maximum atomic E-state index is 12.1. The van der Waals surface area contributed by atoms with Gasteiger partial charge in [-0.2, -0.15) is 0 Å². The van der Waals surface area contributed by atoms with E-state index in [1.807, 2.05) is 0 Å². The van der Waals surface area contributed by atoms with Crippen LogP contribution < -0.4 is 0 Å². The van der Waals surface area contributed by atoms with Gasteiger partial charge in [0.15, 0.2) is 0 Å². The lowest BCUT2D eigenvalue weighted by atomic mass is 9.90. The van der Waals surface area contributed by atoms with Crippen molar-refractivity contribution >= 4 is 11.4 Å². The number of nitrogens with zero attached hydrogens (tertiary/aromatic N) is 2. The molecule has 0 N–H and O–H groups in total. The molecule has 0 atom stereocenters. The zero-order valence-electron chi connectivity index (χ0n) is 29.1. The maximum absolute atomic E-state index is 12.1. The van der Waals surface area contributed by atoms with Gasteiger partial charge in [0.1, 0.15) is 0 Å². The van der Waals surface area contributed by atoms with Crippen LogP contribution in [0.1, 0.15) is 178 Å². The van der Waals surface area contributed by atoms with E-state index in [0.29, 0.717) is 0 Å². The fraction of sp³-hybridized carbons (Fsp3) is 0.619. The Kier molecular flexibility index (Phi) is 17.4. The molecule has 242 valence electrons. The summed E-state index contributed by atoms with van der Waals surface area (Å²) in [6.07, 6.45) is 27.3. The third-order valence-corrected chi connectivity index (χ3v) is 9.46. The van der Waals surface area contributed by atoms with Crippen LogP contribution in [0.2, 0.25) is 0 Å². The minimum absolute atomic E-state index is 1.04. The standard InChI is InChI=1S/C42H64N2/c1-5-9-13-16-18-20-26-36-28-24-30-38(34-36)42-39(31-21-15-11-7-3)40(32-22-19-17-14-10-6-2)41(44(42)43)37-29-23-27-35(33-37)25-12-8-4/h23-24,27-30,33-34H,5-22,25-26,31-32H2,1-4H3. The summed E-state index contributed by atoms with van der Waals surface area (Å²) < 4.78 is 1.60. The topological polar surface area (TPSA) is 25.3 Å². The molecule has 0 saturated carbocycles. The Morgan fingerprint density at radius 3 is 1.25 bits per heavy atom. The van der Waals surface area contributed by atoms with Crippen LogP contribution in [0.15, 0.2) is 59.7 Å². The lowest BCUT2D eigenvalue weighted by Gasteiger charge is -2.12. The third-order valence-electron chi connectivity index (χ3n) is 9.46. The van der Waals surface area contributed by atoms with Crippen molar-refractivity contribution in [1.29, 1.82) is 0 Å². The van der Waals surface area contributed by atoms with Crippen LogP contribution in [-0.2, 0) is 12.8 Å². The number of hydrogen-bond donors (Lipinski definition) is 0. The van der Waals surface area contributed by atoms with E-state index in [4.69, 9.17) is 0 Å². The summed E-state index contributed by atoms with van der Waals surface area (Å²) in [6.45, 7) is 9.13. The van der Waals surface area contributed by atoms with Crippen molar-refractivity contribution in [3.63, 3.8) is 0 Å². The molecule has 0 aliphatic carbocycles. The minimum Gasteiger partial charge on any atom is -0.493 e. The number of allylic oxidation sites excluding steroid dienone is 2. The molecule has 44 heavy (non-hydrogen) atoms. The molecule has 0 radical (unpaired) electrons. The normalized spacial score (nSPS) is 13.5. The highest BCUT2D eigenvalue weighted by atomic mass is 15.2. The van der Waals surface area contributed by atoms with E-state index in [2.05, 4.69) is 76.2 Å². The fourth-order valence-corrected chi connectivity index (χ4v) is 6.83. The molecule has 2 aromatic rings. The molecular weight excluding hydrogens is 532 g/mol. The smallest absolute Gasteiger partial charge is 0.211 e. The van der Waals surface area contributed by atoms with E-state index in [1.54, 1.807) is 4.70 Å². The predicted octanol–water partition coefficient (Wildman–Crippen LogP) is 13.8. The van der Waals surface area contributed by atoms with Gasteiger partial charge in [0.2, 0.25) is 11.4 Å². The van der Waals surface area contributed by atoms with Gasteiger partial charge in [-0.05, 0) is 86.8 Å². The average Bonchev–Trinajstić information content (AvgIpc) is 3.32. The summed E-state index contributed by atoms with van der Waals surface area (Å²) in [5.41, 5.74) is 22.1. The van der Waals surface area contributed by atoms with Crippen molar-refractivity contribution in [3.05, 3.63) is 87.5 Å². The molecule has 0 saturated heterocycles. The summed E-state index contributed by atoms with van der Waals surface area (Å²) in [5.74, 6) is 0. The van der Waals surface area contributed by atoms with Gasteiger partial charge < -0.3 is 5.53 Å². The summed E-state index contributed by atoms with van der Waals surface area (Å²) in [6, 6.07) is 18.1. The summed E-state index contributed by atoms with van der Waals surface area (Å²) >= 11 is 0. The average molecular weight is 597 g/mol. The van der Waals surface area contributed by atoms with Crippen molar-refractivity contribution in [2.75, 3.05) is 0 Å².